The molecule has 0 N–H and O–H groups in total. The largest absolute Gasteiger partial charge is 0.496 e. The van der Waals surface area contributed by atoms with E-state index in [4.69, 9.17) is 11.2 Å². The number of methoxy groups -OCH3 is 1. The first-order chi connectivity index (χ1) is 6.36. The van der Waals surface area contributed by atoms with Gasteiger partial charge in [-0.2, -0.15) is 0 Å². The number of thiophene rings is 1. The number of rotatable bonds is 1. The predicted molar refractivity (Wildman–Crippen MR) is 56.3 cm³/mol. The van der Waals surface area contributed by atoms with Crippen LogP contribution < -0.4 is 4.74 Å². The first-order valence-corrected chi connectivity index (χ1v) is 4.75. The molecule has 0 aliphatic rings. The minimum Gasteiger partial charge on any atom is -0.496 e. The van der Waals surface area contributed by atoms with Gasteiger partial charge in [-0.25, -0.2) is 0 Å². The van der Waals surface area contributed by atoms with Gasteiger partial charge in [0, 0.05) is 15.6 Å². The lowest BCUT2D eigenvalue weighted by molar-refractivity contribution is 0.420. The van der Waals surface area contributed by atoms with E-state index in [9.17, 15) is 0 Å². The fourth-order valence-corrected chi connectivity index (χ4v) is 2.25. The summed E-state index contributed by atoms with van der Waals surface area (Å²) in [5.74, 6) is 3.51. The molecule has 1 heterocycles. The second-order valence-corrected chi connectivity index (χ2v) is 3.54. The minimum atomic E-state index is 0.853. The van der Waals surface area contributed by atoms with Crippen LogP contribution in [0.15, 0.2) is 23.6 Å². The number of ether oxygens (including phenoxy) is 1. The Morgan fingerprint density at radius 1 is 1.46 bits per heavy atom. The zero-order chi connectivity index (χ0) is 9.26. The van der Waals surface area contributed by atoms with Crippen LogP contribution in [0.5, 0.6) is 5.75 Å². The number of fused-ring (bicyclic) bond motifs is 1. The molecule has 2 rings (SSSR count). The Balaban J connectivity index is 2.85. The third kappa shape index (κ3) is 1.18. The Hall–Kier alpha value is -1.46. The average Bonchev–Trinajstić information content (AvgIpc) is 2.60. The second-order valence-electron chi connectivity index (χ2n) is 2.63. The summed E-state index contributed by atoms with van der Waals surface area (Å²) < 4.78 is 6.41. The monoisotopic (exact) mass is 188 g/mol. The van der Waals surface area contributed by atoms with Crippen molar-refractivity contribution in [1.29, 1.82) is 0 Å². The van der Waals surface area contributed by atoms with E-state index in [-0.39, 0.29) is 0 Å². The number of benzene rings is 1. The Morgan fingerprint density at radius 2 is 2.31 bits per heavy atom. The quantitative estimate of drug-likeness (QED) is 0.625. The first-order valence-electron chi connectivity index (χ1n) is 3.87. The normalized spacial score (nSPS) is 9.85. The second kappa shape index (κ2) is 3.12. The van der Waals surface area contributed by atoms with Crippen LogP contribution in [0.2, 0.25) is 0 Å². The molecule has 0 fully saturated rings. The molecule has 0 unspecified atom stereocenters. The van der Waals surface area contributed by atoms with E-state index in [1.165, 1.54) is 4.70 Å². The molecule has 0 radical (unpaired) electrons. The molecule has 1 nitrogen and oxygen atoms in total. The van der Waals surface area contributed by atoms with E-state index < -0.39 is 0 Å². The fraction of sp³-hybridized carbons (Fsp3) is 0.0909. The fourth-order valence-electron chi connectivity index (χ4n) is 1.33. The molecule has 0 aliphatic heterocycles. The van der Waals surface area contributed by atoms with Crippen molar-refractivity contribution in [3.8, 4) is 18.1 Å². The molecule has 2 aromatic rings. The van der Waals surface area contributed by atoms with Crippen molar-refractivity contribution < 1.29 is 4.74 Å². The predicted octanol–water partition coefficient (Wildman–Crippen LogP) is 2.89. The highest BCUT2D eigenvalue weighted by molar-refractivity contribution is 7.17. The summed E-state index contributed by atoms with van der Waals surface area (Å²) in [4.78, 5) is 0. The molecule has 0 aliphatic carbocycles. The van der Waals surface area contributed by atoms with Crippen molar-refractivity contribution in [2.45, 2.75) is 0 Å². The van der Waals surface area contributed by atoms with Gasteiger partial charge in [0.05, 0.1) is 12.5 Å². The Morgan fingerprint density at radius 3 is 3.00 bits per heavy atom. The number of hydrogen-bond donors (Lipinski definition) is 0. The molecule has 0 amide bonds. The summed E-state index contributed by atoms with van der Waals surface area (Å²) in [6.45, 7) is 0. The topological polar surface area (TPSA) is 9.23 Å². The van der Waals surface area contributed by atoms with Crippen molar-refractivity contribution in [2.24, 2.45) is 0 Å². The molecule has 13 heavy (non-hydrogen) atoms. The smallest absolute Gasteiger partial charge is 0.128 e. The maximum absolute atomic E-state index is 5.39. The summed E-state index contributed by atoms with van der Waals surface area (Å²) in [5, 5.41) is 3.03. The number of terminal acetylenes is 1. The van der Waals surface area contributed by atoms with Crippen LogP contribution in [0.1, 0.15) is 5.56 Å². The van der Waals surface area contributed by atoms with Crippen LogP contribution in [0.25, 0.3) is 10.1 Å². The van der Waals surface area contributed by atoms with Gasteiger partial charge < -0.3 is 4.74 Å². The van der Waals surface area contributed by atoms with Crippen LogP contribution in [0.3, 0.4) is 0 Å². The van der Waals surface area contributed by atoms with E-state index in [1.54, 1.807) is 18.4 Å². The third-order valence-electron chi connectivity index (χ3n) is 1.94. The molecule has 0 saturated carbocycles. The lowest BCUT2D eigenvalue weighted by Crippen LogP contribution is -1.83. The van der Waals surface area contributed by atoms with Crippen LogP contribution in [-0.4, -0.2) is 7.11 Å². The number of hydrogen-bond acceptors (Lipinski definition) is 2. The van der Waals surface area contributed by atoms with E-state index in [0.717, 1.165) is 16.7 Å². The molecule has 0 spiro atoms. The van der Waals surface area contributed by atoms with Crippen molar-refractivity contribution in [1.82, 2.24) is 0 Å². The maximum Gasteiger partial charge on any atom is 0.128 e. The van der Waals surface area contributed by atoms with Crippen LogP contribution in [-0.2, 0) is 0 Å². The standard InChI is InChI=1S/C11H8OS/c1-3-8-7-13-10-6-4-5-9(12-2)11(8)10/h1,4-7H,2H3. The molecule has 1 aromatic heterocycles. The summed E-state index contributed by atoms with van der Waals surface area (Å²) in [5.41, 5.74) is 0.914. The summed E-state index contributed by atoms with van der Waals surface area (Å²) in [7, 11) is 1.66. The summed E-state index contributed by atoms with van der Waals surface area (Å²) in [6, 6.07) is 5.94. The Kier molecular flexibility index (Phi) is 1.96. The van der Waals surface area contributed by atoms with Crippen LogP contribution in [0, 0.1) is 12.3 Å². The highest BCUT2D eigenvalue weighted by Gasteiger charge is 2.06. The molecular weight excluding hydrogens is 180 g/mol. The lowest BCUT2D eigenvalue weighted by Gasteiger charge is -2.00. The molecule has 2 heteroatoms. The van der Waals surface area contributed by atoms with Gasteiger partial charge in [0.1, 0.15) is 5.75 Å². The SMILES string of the molecule is C#Cc1csc2cccc(OC)c12. The van der Waals surface area contributed by atoms with E-state index in [0.29, 0.717) is 0 Å². The van der Waals surface area contributed by atoms with Crippen LogP contribution in [0.4, 0.5) is 0 Å². The van der Waals surface area contributed by atoms with Gasteiger partial charge in [-0.1, -0.05) is 12.0 Å². The van der Waals surface area contributed by atoms with Crippen molar-refractivity contribution in [2.75, 3.05) is 7.11 Å². The van der Waals surface area contributed by atoms with E-state index in [2.05, 4.69) is 5.92 Å². The zero-order valence-corrected chi connectivity index (χ0v) is 8.02. The first kappa shape index (κ1) is 8.15. The van der Waals surface area contributed by atoms with Gasteiger partial charge in [0.15, 0.2) is 0 Å². The van der Waals surface area contributed by atoms with Gasteiger partial charge in [0.2, 0.25) is 0 Å². The van der Waals surface area contributed by atoms with Gasteiger partial charge >= 0.3 is 0 Å². The minimum absolute atomic E-state index is 0.853. The molecule has 0 bridgehead atoms. The summed E-state index contributed by atoms with van der Waals surface area (Å²) >= 11 is 1.65. The maximum atomic E-state index is 5.39. The van der Waals surface area contributed by atoms with E-state index >= 15 is 0 Å². The zero-order valence-electron chi connectivity index (χ0n) is 7.20. The van der Waals surface area contributed by atoms with Crippen LogP contribution >= 0.6 is 11.3 Å². The van der Waals surface area contributed by atoms with Gasteiger partial charge in [-0.05, 0) is 12.1 Å². The van der Waals surface area contributed by atoms with Crippen molar-refractivity contribution in [3.63, 3.8) is 0 Å². The third-order valence-corrected chi connectivity index (χ3v) is 2.88. The molecule has 0 saturated heterocycles. The highest BCUT2D eigenvalue weighted by atomic mass is 32.1. The van der Waals surface area contributed by atoms with E-state index in [1.807, 2.05) is 23.6 Å². The van der Waals surface area contributed by atoms with Gasteiger partial charge in [-0.3, -0.25) is 0 Å². The van der Waals surface area contributed by atoms with Crippen molar-refractivity contribution >= 4 is 21.4 Å². The average molecular weight is 188 g/mol. The van der Waals surface area contributed by atoms with Gasteiger partial charge in [-0.15, -0.1) is 17.8 Å². The molecule has 0 atom stereocenters. The Bertz CT molecular complexity index is 476. The summed E-state index contributed by atoms with van der Waals surface area (Å²) in [6.07, 6.45) is 5.39. The lowest BCUT2D eigenvalue weighted by atomic mass is 10.1. The molecule has 64 valence electrons. The van der Waals surface area contributed by atoms with Crippen molar-refractivity contribution in [3.05, 3.63) is 29.1 Å². The van der Waals surface area contributed by atoms with Gasteiger partial charge in [0.25, 0.3) is 0 Å². The highest BCUT2D eigenvalue weighted by Crippen LogP contribution is 2.32. The molecule has 1 aromatic carbocycles. The molecular formula is C11H8OS. The Labute approximate surface area is 81.0 Å².